The number of nitrogens with one attached hydrogen (secondary N) is 1. The van der Waals surface area contributed by atoms with Crippen molar-refractivity contribution in [1.82, 2.24) is 9.71 Å². The molecule has 138 valence electrons. The van der Waals surface area contributed by atoms with Gasteiger partial charge in [-0.3, -0.25) is 4.98 Å². The third-order valence-electron chi connectivity index (χ3n) is 3.34. The van der Waals surface area contributed by atoms with Crippen molar-refractivity contribution in [3.05, 3.63) is 42.2 Å². The van der Waals surface area contributed by atoms with E-state index in [0.717, 1.165) is 5.69 Å². The highest BCUT2D eigenvalue weighted by Gasteiger charge is 2.16. The van der Waals surface area contributed by atoms with Crippen LogP contribution in [0.5, 0.6) is 17.2 Å². The van der Waals surface area contributed by atoms with Gasteiger partial charge >= 0.3 is 0 Å². The largest absolute Gasteiger partial charge is 0.493 e. The Labute approximate surface area is 153 Å². The number of rotatable bonds is 7. The van der Waals surface area contributed by atoms with Gasteiger partial charge in [0, 0.05) is 11.8 Å². The zero-order valence-electron chi connectivity index (χ0n) is 14.8. The normalized spacial score (nSPS) is 10.6. The zero-order chi connectivity index (χ0) is 19.0. The zero-order valence-corrected chi connectivity index (χ0v) is 15.6. The summed E-state index contributed by atoms with van der Waals surface area (Å²) in [6.45, 7) is 1.99. The van der Waals surface area contributed by atoms with Crippen LogP contribution in [0.25, 0.3) is 0 Å². The lowest BCUT2D eigenvalue weighted by Gasteiger charge is -2.10. The lowest BCUT2D eigenvalue weighted by molar-refractivity contribution is 0.354. The average molecular weight is 376 g/mol. The molecule has 7 nitrogen and oxygen atoms in total. The second-order valence-corrected chi connectivity index (χ2v) is 6.89. The predicted molar refractivity (Wildman–Crippen MR) is 97.0 cm³/mol. The number of sulfonamides is 1. The van der Waals surface area contributed by atoms with Crippen LogP contribution >= 0.6 is 0 Å². The summed E-state index contributed by atoms with van der Waals surface area (Å²) in [6.07, 6.45) is 1.61. The van der Waals surface area contributed by atoms with Crippen LogP contribution < -0.4 is 18.9 Å². The molecule has 0 radical (unpaired) electrons. The van der Waals surface area contributed by atoms with Crippen molar-refractivity contribution < 1.29 is 22.6 Å². The molecule has 1 heterocycles. The van der Waals surface area contributed by atoms with Crippen LogP contribution in [0, 0.1) is 18.8 Å². The number of methoxy groups -OCH3 is 2. The summed E-state index contributed by atoms with van der Waals surface area (Å²) in [4.78, 5) is 4.17. The van der Waals surface area contributed by atoms with Gasteiger partial charge in [0.15, 0.2) is 11.5 Å². The molecule has 0 saturated heterocycles. The van der Waals surface area contributed by atoms with Gasteiger partial charge in [0.05, 0.1) is 31.9 Å². The summed E-state index contributed by atoms with van der Waals surface area (Å²) in [5.41, 5.74) is 0.896. The van der Waals surface area contributed by atoms with Crippen LogP contribution in [0.4, 0.5) is 0 Å². The molecular formula is C18H20N2O5S. The second kappa shape index (κ2) is 9.08. The Morgan fingerprint density at radius 2 is 1.85 bits per heavy atom. The molecule has 0 unspecified atom stereocenters. The van der Waals surface area contributed by atoms with Gasteiger partial charge in [0.1, 0.15) is 12.4 Å². The van der Waals surface area contributed by atoms with Crippen LogP contribution in [0.15, 0.2) is 41.4 Å². The highest BCUT2D eigenvalue weighted by molar-refractivity contribution is 7.89. The summed E-state index contributed by atoms with van der Waals surface area (Å²) in [5.74, 6) is 6.84. The molecule has 1 aromatic carbocycles. The third-order valence-corrected chi connectivity index (χ3v) is 4.74. The number of nitrogens with zero attached hydrogens (tertiary/aromatic N) is 1. The third kappa shape index (κ3) is 5.37. The van der Waals surface area contributed by atoms with E-state index in [1.807, 2.05) is 13.0 Å². The first-order valence-electron chi connectivity index (χ1n) is 7.69. The smallest absolute Gasteiger partial charge is 0.241 e. The van der Waals surface area contributed by atoms with Crippen molar-refractivity contribution in [3.8, 4) is 29.1 Å². The molecule has 0 spiro atoms. The average Bonchev–Trinajstić information content (AvgIpc) is 2.65. The number of hydrogen-bond acceptors (Lipinski definition) is 6. The molecule has 0 fully saturated rings. The van der Waals surface area contributed by atoms with E-state index in [4.69, 9.17) is 14.2 Å². The van der Waals surface area contributed by atoms with Gasteiger partial charge in [-0.1, -0.05) is 11.8 Å². The highest BCUT2D eigenvalue weighted by atomic mass is 32.2. The monoisotopic (exact) mass is 376 g/mol. The van der Waals surface area contributed by atoms with E-state index in [9.17, 15) is 8.42 Å². The van der Waals surface area contributed by atoms with Gasteiger partial charge in [-0.2, -0.15) is 4.72 Å². The summed E-state index contributed by atoms with van der Waals surface area (Å²) in [6, 6.07) is 7.99. The first-order valence-corrected chi connectivity index (χ1v) is 9.17. The molecule has 0 bridgehead atoms. The van der Waals surface area contributed by atoms with E-state index in [0.29, 0.717) is 17.2 Å². The first-order chi connectivity index (χ1) is 12.5. The number of pyridine rings is 1. The maximum atomic E-state index is 12.3. The molecule has 0 aliphatic heterocycles. The number of hydrogen-bond donors (Lipinski definition) is 1. The molecule has 2 aromatic rings. The van der Waals surface area contributed by atoms with Crippen molar-refractivity contribution in [2.45, 2.75) is 11.8 Å². The summed E-state index contributed by atoms with van der Waals surface area (Å²) >= 11 is 0. The van der Waals surface area contributed by atoms with Gasteiger partial charge in [0.25, 0.3) is 0 Å². The molecule has 0 aliphatic rings. The Morgan fingerprint density at radius 1 is 1.08 bits per heavy atom. The topological polar surface area (TPSA) is 86.8 Å². The second-order valence-electron chi connectivity index (χ2n) is 5.12. The molecular weight excluding hydrogens is 356 g/mol. The van der Waals surface area contributed by atoms with E-state index in [-0.39, 0.29) is 18.0 Å². The Hall–Kier alpha value is -2.76. The quantitative estimate of drug-likeness (QED) is 0.741. The van der Waals surface area contributed by atoms with Gasteiger partial charge in [0.2, 0.25) is 10.0 Å². The Kier molecular flexibility index (Phi) is 6.83. The van der Waals surface area contributed by atoms with Gasteiger partial charge in [-0.15, -0.1) is 0 Å². The molecule has 0 amide bonds. The van der Waals surface area contributed by atoms with E-state index < -0.39 is 10.0 Å². The van der Waals surface area contributed by atoms with Gasteiger partial charge in [-0.25, -0.2) is 8.42 Å². The van der Waals surface area contributed by atoms with E-state index >= 15 is 0 Å². The van der Waals surface area contributed by atoms with Gasteiger partial charge < -0.3 is 14.2 Å². The minimum atomic E-state index is -3.70. The summed E-state index contributed by atoms with van der Waals surface area (Å²) in [5, 5.41) is 0. The maximum Gasteiger partial charge on any atom is 0.241 e. The summed E-state index contributed by atoms with van der Waals surface area (Å²) in [7, 11) is -0.779. The minimum absolute atomic E-state index is 0.0355. The van der Waals surface area contributed by atoms with Gasteiger partial charge in [-0.05, 0) is 31.2 Å². The number of aryl methyl sites for hydroxylation is 1. The SMILES string of the molecule is COc1ccc(S(=O)(=O)NCC#CCOc2ccc(C)nc2)cc1OC. The Bertz CT molecular complexity index is 899. The van der Waals surface area contributed by atoms with Crippen molar-refractivity contribution in [2.75, 3.05) is 27.4 Å². The predicted octanol–water partition coefficient (Wildman–Crippen LogP) is 1.77. The Morgan fingerprint density at radius 3 is 2.50 bits per heavy atom. The fraction of sp³-hybridized carbons (Fsp3) is 0.278. The summed E-state index contributed by atoms with van der Waals surface area (Å²) < 4.78 is 42.5. The molecule has 8 heteroatoms. The lowest BCUT2D eigenvalue weighted by Crippen LogP contribution is -2.24. The maximum absolute atomic E-state index is 12.3. The van der Waals surface area contributed by atoms with E-state index in [1.54, 1.807) is 12.3 Å². The molecule has 1 N–H and O–H groups in total. The van der Waals surface area contributed by atoms with Crippen LogP contribution in [0.1, 0.15) is 5.69 Å². The van der Waals surface area contributed by atoms with Crippen LogP contribution in [0.2, 0.25) is 0 Å². The lowest BCUT2D eigenvalue weighted by atomic mass is 10.3. The number of benzene rings is 1. The van der Waals surface area contributed by atoms with Crippen molar-refractivity contribution in [1.29, 1.82) is 0 Å². The van der Waals surface area contributed by atoms with Crippen LogP contribution in [-0.2, 0) is 10.0 Å². The molecule has 0 aliphatic carbocycles. The molecule has 0 atom stereocenters. The minimum Gasteiger partial charge on any atom is -0.493 e. The highest BCUT2D eigenvalue weighted by Crippen LogP contribution is 2.29. The fourth-order valence-corrected chi connectivity index (χ4v) is 2.91. The number of aromatic nitrogens is 1. The molecule has 1 aromatic heterocycles. The van der Waals surface area contributed by atoms with Crippen molar-refractivity contribution in [2.24, 2.45) is 0 Å². The molecule has 2 rings (SSSR count). The van der Waals surface area contributed by atoms with Crippen LogP contribution in [0.3, 0.4) is 0 Å². The van der Waals surface area contributed by atoms with Crippen LogP contribution in [-0.4, -0.2) is 40.8 Å². The standard InChI is InChI=1S/C18H20N2O5S/c1-14-6-7-15(13-19-14)25-11-5-4-10-20-26(21,22)16-8-9-17(23-2)18(12-16)24-3/h6-9,12-13,20H,10-11H2,1-3H3. The fourth-order valence-electron chi connectivity index (χ4n) is 1.97. The first kappa shape index (κ1) is 19.6. The molecule has 0 saturated carbocycles. The number of ether oxygens (including phenoxy) is 3. The molecule has 26 heavy (non-hydrogen) atoms. The van der Waals surface area contributed by atoms with E-state index in [1.165, 1.54) is 32.4 Å². The van der Waals surface area contributed by atoms with Crippen molar-refractivity contribution in [3.63, 3.8) is 0 Å². The van der Waals surface area contributed by atoms with E-state index in [2.05, 4.69) is 21.5 Å². The Balaban J connectivity index is 1.89. The van der Waals surface area contributed by atoms with Crippen molar-refractivity contribution >= 4 is 10.0 Å².